The van der Waals surface area contributed by atoms with Gasteiger partial charge < -0.3 is 14.3 Å². The molecule has 3 aromatic rings. The van der Waals surface area contributed by atoms with E-state index in [1.54, 1.807) is 12.1 Å². The maximum Gasteiger partial charge on any atom is 0.336 e. The van der Waals surface area contributed by atoms with E-state index in [-0.39, 0.29) is 5.63 Å². The number of rotatable bonds is 2. The first-order valence-electron chi connectivity index (χ1n) is 6.58. The summed E-state index contributed by atoms with van der Waals surface area (Å²) in [6.45, 7) is 0. The Morgan fingerprint density at radius 2 is 1.59 bits per heavy atom. The van der Waals surface area contributed by atoms with Crippen LogP contribution < -0.4 is 10.7 Å². The van der Waals surface area contributed by atoms with Gasteiger partial charge in [0.05, 0.1) is 5.97 Å². The van der Waals surface area contributed by atoms with Crippen LogP contribution in [0.2, 0.25) is 0 Å². The summed E-state index contributed by atoms with van der Waals surface area (Å²) in [6, 6.07) is 19.8. The Morgan fingerprint density at radius 1 is 0.909 bits per heavy atom. The van der Waals surface area contributed by atoms with Gasteiger partial charge in [0.25, 0.3) is 0 Å². The minimum atomic E-state index is -1.17. The van der Waals surface area contributed by atoms with Crippen molar-refractivity contribution in [2.45, 2.75) is 0 Å². The first-order valence-corrected chi connectivity index (χ1v) is 6.58. The molecule has 1 aromatic heterocycles. The van der Waals surface area contributed by atoms with Crippen molar-refractivity contribution in [3.05, 3.63) is 88.8 Å². The van der Waals surface area contributed by atoms with Crippen molar-refractivity contribution >= 4 is 23.0 Å². The number of hydrogen-bond acceptors (Lipinski definition) is 4. The predicted octanol–water partition coefficient (Wildman–Crippen LogP) is 2.24. The van der Waals surface area contributed by atoms with Crippen LogP contribution in [0.15, 0.2) is 82.0 Å². The van der Waals surface area contributed by atoms with Gasteiger partial charge in [0.2, 0.25) is 0 Å². The summed E-state index contributed by atoms with van der Waals surface area (Å²) in [5.41, 5.74) is 1.19. The maximum atomic E-state index is 10.7. The van der Waals surface area contributed by atoms with Crippen LogP contribution in [0.25, 0.3) is 17.0 Å². The molecule has 0 radical (unpaired) electrons. The molecule has 4 heteroatoms. The van der Waals surface area contributed by atoms with E-state index in [1.165, 1.54) is 12.1 Å². The molecule has 0 unspecified atom stereocenters. The largest absolute Gasteiger partial charge is 0.545 e. The molecular weight excluding hydrogens is 280 g/mol. The van der Waals surface area contributed by atoms with E-state index in [9.17, 15) is 14.7 Å². The van der Waals surface area contributed by atoms with Gasteiger partial charge in [-0.15, -0.1) is 0 Å². The Bertz CT molecular complexity index is 832. The van der Waals surface area contributed by atoms with Gasteiger partial charge in [0, 0.05) is 11.5 Å². The Balaban J connectivity index is 0.000000160. The van der Waals surface area contributed by atoms with Crippen molar-refractivity contribution in [1.82, 2.24) is 0 Å². The van der Waals surface area contributed by atoms with Crippen LogP contribution in [-0.4, -0.2) is 5.97 Å². The first-order chi connectivity index (χ1) is 10.6. The van der Waals surface area contributed by atoms with Crippen molar-refractivity contribution in [3.8, 4) is 0 Å². The molecule has 0 aliphatic rings. The number of benzene rings is 2. The smallest absolute Gasteiger partial charge is 0.336 e. The van der Waals surface area contributed by atoms with Crippen LogP contribution in [0.5, 0.6) is 0 Å². The van der Waals surface area contributed by atoms with Crippen molar-refractivity contribution in [2.24, 2.45) is 0 Å². The summed E-state index contributed by atoms with van der Waals surface area (Å²) < 4.78 is 4.91. The summed E-state index contributed by atoms with van der Waals surface area (Å²) >= 11 is 0. The fourth-order valence-electron chi connectivity index (χ4n) is 1.74. The van der Waals surface area contributed by atoms with E-state index in [1.807, 2.05) is 48.5 Å². The van der Waals surface area contributed by atoms with E-state index in [0.717, 1.165) is 17.0 Å². The molecule has 0 bridgehead atoms. The number of carbonyl (C=O) groups excluding carboxylic acids is 1. The van der Waals surface area contributed by atoms with E-state index < -0.39 is 5.97 Å². The zero-order valence-electron chi connectivity index (χ0n) is 11.6. The molecule has 3 rings (SSSR count). The average molecular weight is 293 g/mol. The fourth-order valence-corrected chi connectivity index (χ4v) is 1.74. The molecule has 110 valence electrons. The second-order valence-corrected chi connectivity index (χ2v) is 4.36. The Labute approximate surface area is 127 Å². The second kappa shape index (κ2) is 7.59. The minimum absolute atomic E-state index is 0.302. The molecule has 0 saturated heterocycles. The van der Waals surface area contributed by atoms with E-state index in [2.05, 4.69) is 0 Å². The van der Waals surface area contributed by atoms with Gasteiger partial charge in [0.1, 0.15) is 5.58 Å². The van der Waals surface area contributed by atoms with Gasteiger partial charge in [-0.3, -0.25) is 0 Å². The summed E-state index contributed by atoms with van der Waals surface area (Å²) in [6.07, 6.45) is 2.50. The van der Waals surface area contributed by atoms with Crippen LogP contribution >= 0.6 is 0 Å². The molecular formula is C18H13O4-. The van der Waals surface area contributed by atoms with Crippen molar-refractivity contribution in [1.29, 1.82) is 0 Å². The second-order valence-electron chi connectivity index (χ2n) is 4.36. The maximum absolute atomic E-state index is 10.7. The molecule has 0 saturated carbocycles. The van der Waals surface area contributed by atoms with Gasteiger partial charge in [0.15, 0.2) is 0 Å². The molecule has 0 aliphatic heterocycles. The van der Waals surface area contributed by atoms with E-state index in [4.69, 9.17) is 4.42 Å². The topological polar surface area (TPSA) is 70.3 Å². The molecule has 0 amide bonds. The number of carbonyl (C=O) groups is 1. The highest BCUT2D eigenvalue weighted by Gasteiger charge is 1.92. The molecule has 2 aromatic carbocycles. The highest BCUT2D eigenvalue weighted by Crippen LogP contribution is 2.08. The van der Waals surface area contributed by atoms with Crippen molar-refractivity contribution in [2.75, 3.05) is 0 Å². The Kier molecular flexibility index (Phi) is 5.26. The monoisotopic (exact) mass is 293 g/mol. The summed E-state index contributed by atoms with van der Waals surface area (Å²) in [5.74, 6) is -1.17. The van der Waals surface area contributed by atoms with E-state index >= 15 is 0 Å². The number of hydrogen-bond donors (Lipinski definition) is 0. The summed E-state index contributed by atoms with van der Waals surface area (Å²) in [4.78, 5) is 20.7. The third-order valence-electron chi connectivity index (χ3n) is 2.74. The van der Waals surface area contributed by atoms with Gasteiger partial charge in [-0.2, -0.15) is 0 Å². The zero-order valence-corrected chi connectivity index (χ0v) is 11.6. The standard InChI is InChI=1S/C9H6O2.C9H8O2/c10-9-6-5-7-3-1-2-4-8(7)11-9;10-9(11)7-6-8-4-2-1-3-5-8/h1-6H;1-7H,(H,10,11)/p-1/b;7-6+. The van der Waals surface area contributed by atoms with Crippen LogP contribution in [-0.2, 0) is 4.79 Å². The van der Waals surface area contributed by atoms with Gasteiger partial charge in [-0.05, 0) is 23.8 Å². The number of carboxylic acids is 1. The Morgan fingerprint density at radius 3 is 2.32 bits per heavy atom. The lowest BCUT2D eigenvalue weighted by Crippen LogP contribution is -2.18. The lowest BCUT2D eigenvalue weighted by atomic mass is 10.2. The normalized spacial score (nSPS) is 10.2. The van der Waals surface area contributed by atoms with Gasteiger partial charge in [-0.25, -0.2) is 4.79 Å². The van der Waals surface area contributed by atoms with E-state index in [0.29, 0.717) is 5.58 Å². The number of carboxylic acid groups (broad SMARTS) is 1. The van der Waals surface area contributed by atoms with Crippen molar-refractivity contribution < 1.29 is 14.3 Å². The molecule has 22 heavy (non-hydrogen) atoms. The molecule has 0 spiro atoms. The zero-order chi connectivity index (χ0) is 15.8. The predicted molar refractivity (Wildman–Crippen MR) is 83.0 cm³/mol. The van der Waals surface area contributed by atoms with Gasteiger partial charge in [-0.1, -0.05) is 54.6 Å². The average Bonchev–Trinajstić information content (AvgIpc) is 2.54. The first kappa shape index (κ1) is 15.3. The van der Waals surface area contributed by atoms with Crippen LogP contribution in [0.4, 0.5) is 0 Å². The quantitative estimate of drug-likeness (QED) is 0.536. The van der Waals surface area contributed by atoms with Gasteiger partial charge >= 0.3 is 5.63 Å². The van der Waals surface area contributed by atoms with Crippen molar-refractivity contribution in [3.63, 3.8) is 0 Å². The lowest BCUT2D eigenvalue weighted by molar-refractivity contribution is -0.297. The highest BCUT2D eigenvalue weighted by molar-refractivity contribution is 5.83. The SMILES string of the molecule is O=C([O-])/C=C/c1ccccc1.O=c1ccc2ccccc2o1. The molecule has 4 nitrogen and oxygen atoms in total. The van der Waals surface area contributed by atoms with Crippen LogP contribution in [0.1, 0.15) is 5.56 Å². The third-order valence-corrected chi connectivity index (χ3v) is 2.74. The molecule has 0 N–H and O–H groups in total. The fraction of sp³-hybridized carbons (Fsp3) is 0. The van der Waals surface area contributed by atoms with Crippen LogP contribution in [0, 0.1) is 0 Å². The lowest BCUT2D eigenvalue weighted by Gasteiger charge is -1.91. The van der Waals surface area contributed by atoms with Crippen LogP contribution in [0.3, 0.4) is 0 Å². The molecule has 0 atom stereocenters. The number of aliphatic carboxylic acids is 1. The summed E-state index contributed by atoms with van der Waals surface area (Å²) in [5, 5.41) is 10.9. The Hall–Kier alpha value is -3.14. The third kappa shape index (κ3) is 4.76. The number of para-hydroxylation sites is 1. The molecule has 0 fully saturated rings. The molecule has 0 aliphatic carbocycles. The highest BCUT2D eigenvalue weighted by atomic mass is 16.4. The minimum Gasteiger partial charge on any atom is -0.545 e. The molecule has 1 heterocycles. The summed E-state index contributed by atoms with van der Waals surface area (Å²) in [7, 11) is 0. The number of fused-ring (bicyclic) bond motifs is 1.